The summed E-state index contributed by atoms with van der Waals surface area (Å²) in [6.07, 6.45) is 2.61. The molecule has 122 valence electrons. The number of esters is 1. The van der Waals surface area contributed by atoms with Gasteiger partial charge in [-0.25, -0.2) is 0 Å². The van der Waals surface area contributed by atoms with Crippen molar-refractivity contribution >= 4 is 5.97 Å². The monoisotopic (exact) mass is 304 g/mol. The Morgan fingerprint density at radius 1 is 1.23 bits per heavy atom. The van der Waals surface area contributed by atoms with Crippen LogP contribution in [0.15, 0.2) is 24.3 Å². The maximum Gasteiger partial charge on any atom is 0.308 e. The quantitative estimate of drug-likeness (QED) is 0.861. The third kappa shape index (κ3) is 3.70. The predicted molar refractivity (Wildman–Crippen MR) is 87.6 cm³/mol. The SMILES string of the molecule is CCOC(=O)C1CCC(O)(c2ccc(C(C)(C)C)cc2)CC1. The van der Waals surface area contributed by atoms with E-state index in [0.717, 1.165) is 5.56 Å². The molecule has 0 atom stereocenters. The molecule has 0 amide bonds. The highest BCUT2D eigenvalue weighted by atomic mass is 16.5. The number of hydrogen-bond acceptors (Lipinski definition) is 3. The smallest absolute Gasteiger partial charge is 0.308 e. The topological polar surface area (TPSA) is 46.5 Å². The van der Waals surface area contributed by atoms with Crippen molar-refractivity contribution in [2.24, 2.45) is 5.92 Å². The normalized spacial score (nSPS) is 25.8. The predicted octanol–water partition coefficient (Wildman–Crippen LogP) is 3.93. The van der Waals surface area contributed by atoms with Crippen LogP contribution in [0.25, 0.3) is 0 Å². The Morgan fingerprint density at radius 3 is 2.23 bits per heavy atom. The van der Waals surface area contributed by atoms with Crippen molar-refractivity contribution in [1.82, 2.24) is 0 Å². The lowest BCUT2D eigenvalue weighted by atomic mass is 9.74. The van der Waals surface area contributed by atoms with Crippen molar-refractivity contribution in [2.45, 2.75) is 64.4 Å². The maximum absolute atomic E-state index is 11.8. The van der Waals surface area contributed by atoms with Crippen molar-refractivity contribution < 1.29 is 14.6 Å². The number of benzene rings is 1. The fraction of sp³-hybridized carbons (Fsp3) is 0.632. The van der Waals surface area contributed by atoms with Gasteiger partial charge in [0.15, 0.2) is 0 Å². The average molecular weight is 304 g/mol. The first-order chi connectivity index (χ1) is 10.3. The molecule has 1 saturated carbocycles. The fourth-order valence-electron chi connectivity index (χ4n) is 3.16. The molecule has 0 aliphatic heterocycles. The van der Waals surface area contributed by atoms with Gasteiger partial charge in [0.25, 0.3) is 0 Å². The highest BCUT2D eigenvalue weighted by molar-refractivity contribution is 5.72. The van der Waals surface area contributed by atoms with Crippen molar-refractivity contribution in [3.63, 3.8) is 0 Å². The van der Waals surface area contributed by atoms with Gasteiger partial charge in [-0.3, -0.25) is 4.79 Å². The van der Waals surface area contributed by atoms with Gasteiger partial charge < -0.3 is 9.84 Å². The van der Waals surface area contributed by atoms with E-state index in [0.29, 0.717) is 32.3 Å². The summed E-state index contributed by atoms with van der Waals surface area (Å²) in [7, 11) is 0. The Hall–Kier alpha value is -1.35. The molecule has 0 aromatic heterocycles. The van der Waals surface area contributed by atoms with E-state index in [-0.39, 0.29) is 17.3 Å². The third-order valence-corrected chi connectivity index (χ3v) is 4.72. The van der Waals surface area contributed by atoms with Gasteiger partial charge in [0, 0.05) is 0 Å². The van der Waals surface area contributed by atoms with E-state index in [1.54, 1.807) is 0 Å². The lowest BCUT2D eigenvalue weighted by Crippen LogP contribution is -2.34. The van der Waals surface area contributed by atoms with Crippen molar-refractivity contribution in [3.05, 3.63) is 35.4 Å². The minimum absolute atomic E-state index is 0.0610. The van der Waals surface area contributed by atoms with E-state index >= 15 is 0 Å². The molecule has 22 heavy (non-hydrogen) atoms. The number of hydrogen-bond donors (Lipinski definition) is 1. The Balaban J connectivity index is 2.05. The molecule has 1 fully saturated rings. The van der Waals surface area contributed by atoms with Crippen LogP contribution >= 0.6 is 0 Å². The van der Waals surface area contributed by atoms with Crippen molar-refractivity contribution in [2.75, 3.05) is 6.61 Å². The summed E-state index contributed by atoms with van der Waals surface area (Å²) in [5.74, 6) is -0.179. The summed E-state index contributed by atoms with van der Waals surface area (Å²) in [6, 6.07) is 8.27. The van der Waals surface area contributed by atoms with Gasteiger partial charge in [0.2, 0.25) is 0 Å². The van der Waals surface area contributed by atoms with Crippen molar-refractivity contribution in [1.29, 1.82) is 0 Å². The van der Waals surface area contributed by atoms with Crippen LogP contribution in [0.2, 0.25) is 0 Å². The molecule has 0 spiro atoms. The van der Waals surface area contributed by atoms with E-state index < -0.39 is 5.60 Å². The summed E-state index contributed by atoms with van der Waals surface area (Å²) in [5, 5.41) is 10.9. The number of carbonyl (C=O) groups is 1. The minimum atomic E-state index is -0.806. The molecular formula is C19H28O3. The summed E-state index contributed by atoms with van der Waals surface area (Å²) in [5.41, 5.74) is 1.53. The van der Waals surface area contributed by atoms with Gasteiger partial charge in [0.1, 0.15) is 0 Å². The average Bonchev–Trinajstić information content (AvgIpc) is 2.47. The zero-order valence-corrected chi connectivity index (χ0v) is 14.2. The lowest BCUT2D eigenvalue weighted by molar-refractivity contribution is -0.151. The van der Waals surface area contributed by atoms with Crippen LogP contribution in [0.1, 0.15) is 64.5 Å². The van der Waals surface area contributed by atoms with Crippen molar-refractivity contribution in [3.8, 4) is 0 Å². The second-order valence-electron chi connectivity index (χ2n) is 7.39. The standard InChI is InChI=1S/C19H28O3/c1-5-22-17(20)14-10-12-19(21,13-11-14)16-8-6-15(7-9-16)18(2,3)4/h6-9,14,21H,5,10-13H2,1-4H3. The van der Waals surface area contributed by atoms with Gasteiger partial charge in [-0.1, -0.05) is 45.0 Å². The first-order valence-electron chi connectivity index (χ1n) is 8.26. The number of rotatable bonds is 3. The largest absolute Gasteiger partial charge is 0.466 e. The second kappa shape index (κ2) is 6.41. The Bertz CT molecular complexity index is 502. The van der Waals surface area contributed by atoms with Crippen LogP contribution in [0.5, 0.6) is 0 Å². The molecule has 3 heteroatoms. The number of aliphatic hydroxyl groups is 1. The highest BCUT2D eigenvalue weighted by Gasteiger charge is 2.37. The fourth-order valence-corrected chi connectivity index (χ4v) is 3.16. The minimum Gasteiger partial charge on any atom is -0.466 e. The molecule has 2 rings (SSSR count). The molecule has 0 heterocycles. The molecule has 1 aromatic rings. The van der Waals surface area contributed by atoms with E-state index in [2.05, 4.69) is 32.9 Å². The number of carbonyl (C=O) groups excluding carboxylic acids is 1. The van der Waals surface area contributed by atoms with Gasteiger partial charge in [-0.05, 0) is 49.1 Å². The van der Waals surface area contributed by atoms with Gasteiger partial charge in [-0.2, -0.15) is 0 Å². The molecular weight excluding hydrogens is 276 g/mol. The van der Waals surface area contributed by atoms with Crippen LogP contribution in [0.4, 0.5) is 0 Å². The third-order valence-electron chi connectivity index (χ3n) is 4.72. The molecule has 0 bridgehead atoms. The second-order valence-corrected chi connectivity index (χ2v) is 7.39. The molecule has 0 unspecified atom stereocenters. The summed E-state index contributed by atoms with van der Waals surface area (Å²) in [6.45, 7) is 8.80. The Morgan fingerprint density at radius 2 is 1.77 bits per heavy atom. The van der Waals surface area contributed by atoms with E-state index in [4.69, 9.17) is 4.74 Å². The molecule has 0 saturated heterocycles. The molecule has 0 radical (unpaired) electrons. The van der Waals surface area contributed by atoms with Gasteiger partial charge >= 0.3 is 5.97 Å². The van der Waals surface area contributed by atoms with Crippen LogP contribution in [0, 0.1) is 5.92 Å². The highest BCUT2D eigenvalue weighted by Crippen LogP contribution is 2.40. The van der Waals surface area contributed by atoms with Crippen LogP contribution < -0.4 is 0 Å². The molecule has 1 aliphatic rings. The van der Waals surface area contributed by atoms with Crippen LogP contribution in [-0.4, -0.2) is 17.7 Å². The van der Waals surface area contributed by atoms with Gasteiger partial charge in [-0.15, -0.1) is 0 Å². The maximum atomic E-state index is 11.8. The molecule has 1 aliphatic carbocycles. The van der Waals surface area contributed by atoms with Crippen LogP contribution in [-0.2, 0) is 20.5 Å². The zero-order valence-electron chi connectivity index (χ0n) is 14.2. The molecule has 3 nitrogen and oxygen atoms in total. The lowest BCUT2D eigenvalue weighted by Gasteiger charge is -2.36. The Kier molecular flexibility index (Phi) is 4.96. The molecule has 1 aromatic carbocycles. The zero-order chi connectivity index (χ0) is 16.4. The number of ether oxygens (including phenoxy) is 1. The summed E-state index contributed by atoms with van der Waals surface area (Å²) >= 11 is 0. The first kappa shape index (κ1) is 17.0. The van der Waals surface area contributed by atoms with E-state index in [9.17, 15) is 9.90 Å². The van der Waals surface area contributed by atoms with Gasteiger partial charge in [0.05, 0.1) is 18.1 Å². The molecule has 1 N–H and O–H groups in total. The Labute approximate surface area is 133 Å². The summed E-state index contributed by atoms with van der Waals surface area (Å²) in [4.78, 5) is 11.8. The first-order valence-corrected chi connectivity index (χ1v) is 8.26. The van der Waals surface area contributed by atoms with E-state index in [1.165, 1.54) is 5.56 Å². The van der Waals surface area contributed by atoms with Crippen LogP contribution in [0.3, 0.4) is 0 Å². The summed E-state index contributed by atoms with van der Waals surface area (Å²) < 4.78 is 5.09. The van der Waals surface area contributed by atoms with E-state index in [1.807, 2.05) is 19.1 Å².